The first kappa shape index (κ1) is 17.3. The molecule has 3 heterocycles. The zero-order valence-corrected chi connectivity index (χ0v) is 15.4. The van der Waals surface area contributed by atoms with Crippen LogP contribution in [0.5, 0.6) is 0 Å². The molecule has 0 bridgehead atoms. The van der Waals surface area contributed by atoms with Crippen LogP contribution in [0.2, 0.25) is 0 Å². The zero-order chi connectivity index (χ0) is 18.8. The van der Waals surface area contributed by atoms with Gasteiger partial charge in [0.2, 0.25) is 5.91 Å². The minimum Gasteiger partial charge on any atom is -0.367 e. The molecule has 0 radical (unpaired) electrons. The number of carbonyl (C=O) groups is 2. The van der Waals surface area contributed by atoms with Crippen molar-refractivity contribution in [1.29, 1.82) is 0 Å². The van der Waals surface area contributed by atoms with E-state index in [-0.39, 0.29) is 11.8 Å². The molecular formula is C20H23N5O2. The zero-order valence-electron chi connectivity index (χ0n) is 15.4. The van der Waals surface area contributed by atoms with E-state index in [0.717, 1.165) is 28.8 Å². The van der Waals surface area contributed by atoms with Gasteiger partial charge in [-0.3, -0.25) is 9.59 Å². The van der Waals surface area contributed by atoms with Gasteiger partial charge in [0.05, 0.1) is 23.0 Å². The van der Waals surface area contributed by atoms with E-state index in [0.29, 0.717) is 38.2 Å². The third kappa shape index (κ3) is 3.72. The second-order valence-electron chi connectivity index (χ2n) is 6.98. The first-order chi connectivity index (χ1) is 13.1. The molecule has 140 valence electrons. The molecular weight excluding hydrogens is 342 g/mol. The van der Waals surface area contributed by atoms with Crippen molar-refractivity contribution in [3.8, 4) is 0 Å². The number of hydrogen-bond donors (Lipinski definition) is 2. The molecule has 1 fully saturated rings. The van der Waals surface area contributed by atoms with Gasteiger partial charge < -0.3 is 19.8 Å². The molecule has 2 N–H and O–H groups in total. The maximum Gasteiger partial charge on any atom is 0.255 e. The molecule has 0 saturated carbocycles. The Balaban J connectivity index is 1.39. The number of benzene rings is 1. The van der Waals surface area contributed by atoms with Gasteiger partial charge in [-0.1, -0.05) is 6.07 Å². The number of imidazole rings is 1. The van der Waals surface area contributed by atoms with Crippen LogP contribution >= 0.6 is 0 Å². The van der Waals surface area contributed by atoms with E-state index in [1.165, 1.54) is 0 Å². The summed E-state index contributed by atoms with van der Waals surface area (Å²) in [6, 6.07) is 7.68. The summed E-state index contributed by atoms with van der Waals surface area (Å²) >= 11 is 0. The average Bonchev–Trinajstić information content (AvgIpc) is 3.23. The predicted octanol–water partition coefficient (Wildman–Crippen LogP) is 2.12. The molecule has 4 rings (SSSR count). The second kappa shape index (κ2) is 7.26. The molecule has 0 aliphatic carbocycles. The summed E-state index contributed by atoms with van der Waals surface area (Å²) in [5.41, 5.74) is 3.51. The molecule has 0 spiro atoms. The number of aromatic nitrogens is 3. The molecule has 2 amide bonds. The number of carbonyl (C=O) groups excluding carboxylic acids is 2. The molecule has 1 aromatic carbocycles. The number of nitrogens with zero attached hydrogens (tertiary/aromatic N) is 3. The van der Waals surface area contributed by atoms with Gasteiger partial charge in [0, 0.05) is 38.6 Å². The number of fused-ring (bicyclic) bond motifs is 1. The lowest BCUT2D eigenvalue weighted by atomic mass is 10.1. The smallest absolute Gasteiger partial charge is 0.255 e. The van der Waals surface area contributed by atoms with Gasteiger partial charge in [0.15, 0.2) is 0 Å². The quantitative estimate of drug-likeness (QED) is 0.745. The van der Waals surface area contributed by atoms with Gasteiger partial charge in [-0.15, -0.1) is 0 Å². The summed E-state index contributed by atoms with van der Waals surface area (Å²) < 4.78 is 0. The summed E-state index contributed by atoms with van der Waals surface area (Å²) in [5.74, 6) is 0.986. The largest absolute Gasteiger partial charge is 0.367 e. The van der Waals surface area contributed by atoms with E-state index in [1.807, 2.05) is 34.9 Å². The van der Waals surface area contributed by atoms with Crippen LogP contribution in [0.4, 0.5) is 0 Å². The van der Waals surface area contributed by atoms with E-state index in [1.54, 1.807) is 18.5 Å². The minimum atomic E-state index is 0.0191. The van der Waals surface area contributed by atoms with Crippen molar-refractivity contribution in [3.63, 3.8) is 0 Å². The number of aryl methyl sites for hydroxylation is 1. The summed E-state index contributed by atoms with van der Waals surface area (Å²) in [7, 11) is 0. The summed E-state index contributed by atoms with van der Waals surface area (Å²) in [4.78, 5) is 39.5. The monoisotopic (exact) mass is 365 g/mol. The van der Waals surface area contributed by atoms with E-state index in [9.17, 15) is 9.59 Å². The third-order valence-corrected chi connectivity index (χ3v) is 5.00. The number of aromatic amines is 2. The maximum absolute atomic E-state index is 12.8. The van der Waals surface area contributed by atoms with Crippen LogP contribution in [0.1, 0.15) is 28.2 Å². The highest BCUT2D eigenvalue weighted by Crippen LogP contribution is 2.15. The van der Waals surface area contributed by atoms with Gasteiger partial charge in [-0.05, 0) is 37.1 Å². The number of nitrogens with one attached hydrogen (secondary N) is 2. The lowest BCUT2D eigenvalue weighted by molar-refractivity contribution is -0.130. The van der Waals surface area contributed by atoms with Crippen molar-refractivity contribution in [2.45, 2.75) is 19.8 Å². The Morgan fingerprint density at radius 1 is 1.11 bits per heavy atom. The van der Waals surface area contributed by atoms with Crippen LogP contribution in [0.3, 0.4) is 0 Å². The average molecular weight is 365 g/mol. The number of hydrogen-bond acceptors (Lipinski definition) is 3. The van der Waals surface area contributed by atoms with E-state index in [4.69, 9.17) is 0 Å². The fraction of sp³-hybridized carbons (Fsp3) is 0.350. The lowest BCUT2D eigenvalue weighted by Crippen LogP contribution is -2.37. The molecule has 2 aromatic heterocycles. The van der Waals surface area contributed by atoms with Crippen LogP contribution in [-0.2, 0) is 11.2 Å². The highest BCUT2D eigenvalue weighted by Gasteiger charge is 2.23. The van der Waals surface area contributed by atoms with Crippen LogP contribution in [-0.4, -0.2) is 62.7 Å². The Morgan fingerprint density at radius 3 is 2.74 bits per heavy atom. The SMILES string of the molecule is Cc1nc2ccc(CC(=O)N3CCCN(C(=O)c4cc[nH]c4)CC3)cc2[nH]1. The van der Waals surface area contributed by atoms with Gasteiger partial charge in [-0.2, -0.15) is 0 Å². The van der Waals surface area contributed by atoms with Crippen molar-refractivity contribution in [2.75, 3.05) is 26.2 Å². The Morgan fingerprint density at radius 2 is 1.93 bits per heavy atom. The van der Waals surface area contributed by atoms with Gasteiger partial charge in [-0.25, -0.2) is 4.98 Å². The highest BCUT2D eigenvalue weighted by molar-refractivity contribution is 5.94. The lowest BCUT2D eigenvalue weighted by Gasteiger charge is -2.22. The van der Waals surface area contributed by atoms with Crippen molar-refractivity contribution < 1.29 is 9.59 Å². The van der Waals surface area contributed by atoms with Crippen LogP contribution < -0.4 is 0 Å². The normalized spacial score (nSPS) is 15.1. The Labute approximate surface area is 157 Å². The summed E-state index contributed by atoms with van der Waals surface area (Å²) in [6.45, 7) is 4.41. The van der Waals surface area contributed by atoms with E-state index >= 15 is 0 Å². The molecule has 3 aromatic rings. The van der Waals surface area contributed by atoms with E-state index in [2.05, 4.69) is 15.0 Å². The number of amides is 2. The Hall–Kier alpha value is -3.09. The van der Waals surface area contributed by atoms with Crippen molar-refractivity contribution >= 4 is 22.8 Å². The molecule has 27 heavy (non-hydrogen) atoms. The minimum absolute atomic E-state index is 0.0191. The molecule has 1 saturated heterocycles. The second-order valence-corrected chi connectivity index (χ2v) is 6.98. The van der Waals surface area contributed by atoms with Gasteiger partial charge in [0.25, 0.3) is 5.91 Å². The molecule has 0 unspecified atom stereocenters. The standard InChI is InChI=1S/C20H23N5O2/c1-14-22-17-4-3-15(11-18(17)23-14)12-19(26)24-7-2-8-25(10-9-24)20(27)16-5-6-21-13-16/h3-6,11,13,21H,2,7-10,12H2,1H3,(H,22,23). The molecule has 7 heteroatoms. The molecule has 1 aliphatic rings. The maximum atomic E-state index is 12.8. The first-order valence-electron chi connectivity index (χ1n) is 9.25. The number of rotatable bonds is 3. The Bertz CT molecular complexity index is 960. The predicted molar refractivity (Wildman–Crippen MR) is 102 cm³/mol. The third-order valence-electron chi connectivity index (χ3n) is 5.00. The topological polar surface area (TPSA) is 85.1 Å². The summed E-state index contributed by atoms with van der Waals surface area (Å²) in [5, 5.41) is 0. The highest BCUT2D eigenvalue weighted by atomic mass is 16.2. The van der Waals surface area contributed by atoms with Crippen LogP contribution in [0.15, 0.2) is 36.7 Å². The molecule has 0 atom stereocenters. The van der Waals surface area contributed by atoms with Crippen LogP contribution in [0.25, 0.3) is 11.0 Å². The summed E-state index contributed by atoms with van der Waals surface area (Å²) in [6.07, 6.45) is 4.61. The Kier molecular flexibility index (Phi) is 4.66. The van der Waals surface area contributed by atoms with Crippen molar-refractivity contribution in [1.82, 2.24) is 24.8 Å². The van der Waals surface area contributed by atoms with Crippen molar-refractivity contribution in [2.24, 2.45) is 0 Å². The van der Waals surface area contributed by atoms with E-state index < -0.39 is 0 Å². The molecule has 7 nitrogen and oxygen atoms in total. The van der Waals surface area contributed by atoms with Gasteiger partial charge >= 0.3 is 0 Å². The first-order valence-corrected chi connectivity index (χ1v) is 9.25. The fourth-order valence-electron chi connectivity index (χ4n) is 3.59. The molecule has 1 aliphatic heterocycles. The van der Waals surface area contributed by atoms with Gasteiger partial charge in [0.1, 0.15) is 5.82 Å². The van der Waals surface area contributed by atoms with Crippen molar-refractivity contribution in [3.05, 3.63) is 53.6 Å². The van der Waals surface area contributed by atoms with Crippen LogP contribution in [0, 0.1) is 6.92 Å². The number of H-pyrrole nitrogens is 2. The fourth-order valence-corrected chi connectivity index (χ4v) is 3.59.